The standard InChI is InChI=1S/C10H22N4O2/c1-3-12-10(16)8-14(4-2)7-5-6-9(15)13-11/h3-8,11H2,1-2H3,(H,12,16)(H,13,15). The Bertz CT molecular complexity index is 221. The number of amides is 2. The Morgan fingerprint density at radius 1 is 1.25 bits per heavy atom. The summed E-state index contributed by atoms with van der Waals surface area (Å²) in [5.41, 5.74) is 2.08. The fourth-order valence-corrected chi connectivity index (χ4v) is 1.34. The molecule has 0 radical (unpaired) electrons. The molecule has 0 saturated heterocycles. The van der Waals surface area contributed by atoms with E-state index in [2.05, 4.69) is 10.7 Å². The molecule has 16 heavy (non-hydrogen) atoms. The maximum atomic E-state index is 11.3. The smallest absolute Gasteiger partial charge is 0.234 e. The van der Waals surface area contributed by atoms with Crippen molar-refractivity contribution >= 4 is 11.8 Å². The number of nitrogens with two attached hydrogens (primary N) is 1. The predicted molar refractivity (Wildman–Crippen MR) is 62.4 cm³/mol. The Balaban J connectivity index is 3.74. The van der Waals surface area contributed by atoms with E-state index < -0.39 is 0 Å². The van der Waals surface area contributed by atoms with Crippen molar-refractivity contribution in [2.24, 2.45) is 5.84 Å². The first-order valence-electron chi connectivity index (χ1n) is 5.62. The Kier molecular flexibility index (Phi) is 8.46. The van der Waals surface area contributed by atoms with E-state index in [1.54, 1.807) is 0 Å². The summed E-state index contributed by atoms with van der Waals surface area (Å²) >= 11 is 0. The van der Waals surface area contributed by atoms with Crippen LogP contribution >= 0.6 is 0 Å². The highest BCUT2D eigenvalue weighted by Gasteiger charge is 2.08. The summed E-state index contributed by atoms with van der Waals surface area (Å²) < 4.78 is 0. The van der Waals surface area contributed by atoms with Gasteiger partial charge in [-0.05, 0) is 26.4 Å². The fourth-order valence-electron chi connectivity index (χ4n) is 1.34. The Morgan fingerprint density at radius 3 is 2.44 bits per heavy atom. The van der Waals surface area contributed by atoms with Crippen molar-refractivity contribution in [1.29, 1.82) is 0 Å². The molecular formula is C10H22N4O2. The molecule has 94 valence electrons. The average molecular weight is 230 g/mol. The molecule has 0 bridgehead atoms. The van der Waals surface area contributed by atoms with Gasteiger partial charge in [-0.3, -0.25) is 19.9 Å². The molecule has 0 aliphatic heterocycles. The van der Waals surface area contributed by atoms with Crippen LogP contribution in [-0.4, -0.2) is 42.9 Å². The predicted octanol–water partition coefficient (Wildman–Crippen LogP) is -0.785. The van der Waals surface area contributed by atoms with E-state index in [9.17, 15) is 9.59 Å². The molecular weight excluding hydrogens is 208 g/mol. The Labute approximate surface area is 96.5 Å². The second-order valence-corrected chi connectivity index (χ2v) is 3.49. The van der Waals surface area contributed by atoms with Gasteiger partial charge in [0.15, 0.2) is 0 Å². The molecule has 0 aliphatic rings. The van der Waals surface area contributed by atoms with Gasteiger partial charge in [0.25, 0.3) is 0 Å². The summed E-state index contributed by atoms with van der Waals surface area (Å²) in [6.07, 6.45) is 1.10. The quantitative estimate of drug-likeness (QED) is 0.290. The molecule has 0 aromatic carbocycles. The molecule has 0 aromatic rings. The minimum absolute atomic E-state index is 0.0210. The largest absolute Gasteiger partial charge is 0.355 e. The van der Waals surface area contributed by atoms with Gasteiger partial charge in [0, 0.05) is 13.0 Å². The molecule has 0 saturated carbocycles. The minimum Gasteiger partial charge on any atom is -0.355 e. The van der Waals surface area contributed by atoms with Crippen LogP contribution in [-0.2, 0) is 9.59 Å². The third-order valence-electron chi connectivity index (χ3n) is 2.23. The summed E-state index contributed by atoms with van der Waals surface area (Å²) in [4.78, 5) is 24.2. The summed E-state index contributed by atoms with van der Waals surface area (Å²) in [6, 6.07) is 0. The number of carbonyl (C=O) groups excluding carboxylic acids is 2. The molecule has 0 aliphatic carbocycles. The average Bonchev–Trinajstić information content (AvgIpc) is 2.27. The van der Waals surface area contributed by atoms with Crippen molar-refractivity contribution < 1.29 is 9.59 Å². The summed E-state index contributed by atoms with van der Waals surface area (Å²) in [5, 5.41) is 2.74. The Morgan fingerprint density at radius 2 is 1.94 bits per heavy atom. The molecule has 6 nitrogen and oxygen atoms in total. The summed E-state index contributed by atoms with van der Waals surface area (Å²) in [6.45, 7) is 6.42. The number of likely N-dealkylation sites (N-methyl/N-ethyl adjacent to an activating group) is 2. The highest BCUT2D eigenvalue weighted by molar-refractivity contribution is 5.78. The molecule has 0 unspecified atom stereocenters. The van der Waals surface area contributed by atoms with E-state index in [-0.39, 0.29) is 11.8 Å². The van der Waals surface area contributed by atoms with Crippen molar-refractivity contribution in [2.75, 3.05) is 26.2 Å². The van der Waals surface area contributed by atoms with Crippen LogP contribution in [0.25, 0.3) is 0 Å². The topological polar surface area (TPSA) is 87.5 Å². The number of hydrazine groups is 1. The highest BCUT2D eigenvalue weighted by atomic mass is 16.2. The number of hydrogen-bond donors (Lipinski definition) is 3. The molecule has 0 fully saturated rings. The SMILES string of the molecule is CCNC(=O)CN(CC)CCCC(=O)NN. The number of nitrogens with zero attached hydrogens (tertiary/aromatic N) is 1. The van der Waals surface area contributed by atoms with Gasteiger partial charge in [0.2, 0.25) is 11.8 Å². The second-order valence-electron chi connectivity index (χ2n) is 3.49. The number of nitrogens with one attached hydrogen (secondary N) is 2. The van der Waals surface area contributed by atoms with E-state index in [1.165, 1.54) is 0 Å². The summed E-state index contributed by atoms with van der Waals surface area (Å²) in [7, 11) is 0. The second kappa shape index (κ2) is 9.11. The molecule has 0 rings (SSSR count). The maximum Gasteiger partial charge on any atom is 0.234 e. The first kappa shape index (κ1) is 14.9. The van der Waals surface area contributed by atoms with Crippen LogP contribution in [0.15, 0.2) is 0 Å². The molecule has 0 spiro atoms. The number of hydrogen-bond acceptors (Lipinski definition) is 4. The summed E-state index contributed by atoms with van der Waals surface area (Å²) in [5.74, 6) is 4.81. The van der Waals surface area contributed by atoms with Crippen LogP contribution in [0.5, 0.6) is 0 Å². The van der Waals surface area contributed by atoms with Gasteiger partial charge < -0.3 is 5.32 Å². The van der Waals surface area contributed by atoms with Crippen LogP contribution in [0.3, 0.4) is 0 Å². The fraction of sp³-hybridized carbons (Fsp3) is 0.800. The number of carbonyl (C=O) groups is 2. The van der Waals surface area contributed by atoms with Gasteiger partial charge in [-0.25, -0.2) is 5.84 Å². The van der Waals surface area contributed by atoms with Gasteiger partial charge in [0.1, 0.15) is 0 Å². The van der Waals surface area contributed by atoms with Crippen LogP contribution in [0, 0.1) is 0 Å². The lowest BCUT2D eigenvalue weighted by molar-refractivity contribution is -0.122. The van der Waals surface area contributed by atoms with Crippen LogP contribution in [0.1, 0.15) is 26.7 Å². The van der Waals surface area contributed by atoms with Crippen molar-refractivity contribution in [3.63, 3.8) is 0 Å². The van der Waals surface area contributed by atoms with Crippen molar-refractivity contribution in [3.05, 3.63) is 0 Å². The van der Waals surface area contributed by atoms with Crippen LogP contribution in [0.2, 0.25) is 0 Å². The van der Waals surface area contributed by atoms with E-state index in [0.29, 0.717) is 25.9 Å². The normalized spacial score (nSPS) is 10.2. The zero-order valence-electron chi connectivity index (χ0n) is 10.1. The zero-order chi connectivity index (χ0) is 12.4. The van der Waals surface area contributed by atoms with Crippen molar-refractivity contribution in [3.8, 4) is 0 Å². The first-order chi connectivity index (χ1) is 7.63. The molecule has 0 aromatic heterocycles. The minimum atomic E-state index is -0.172. The van der Waals surface area contributed by atoms with E-state index >= 15 is 0 Å². The lowest BCUT2D eigenvalue weighted by Crippen LogP contribution is -2.38. The molecule has 0 heterocycles. The Hall–Kier alpha value is -1.14. The van der Waals surface area contributed by atoms with Crippen molar-refractivity contribution in [2.45, 2.75) is 26.7 Å². The highest BCUT2D eigenvalue weighted by Crippen LogP contribution is 1.95. The van der Waals surface area contributed by atoms with Gasteiger partial charge in [-0.15, -0.1) is 0 Å². The zero-order valence-corrected chi connectivity index (χ0v) is 10.1. The number of rotatable bonds is 8. The van der Waals surface area contributed by atoms with Gasteiger partial charge >= 0.3 is 0 Å². The molecule has 6 heteroatoms. The third-order valence-corrected chi connectivity index (χ3v) is 2.23. The van der Waals surface area contributed by atoms with E-state index in [4.69, 9.17) is 5.84 Å². The van der Waals surface area contributed by atoms with Gasteiger partial charge in [-0.1, -0.05) is 6.92 Å². The first-order valence-corrected chi connectivity index (χ1v) is 5.62. The molecule has 2 amide bonds. The van der Waals surface area contributed by atoms with Gasteiger partial charge in [0.05, 0.1) is 6.54 Å². The van der Waals surface area contributed by atoms with Crippen molar-refractivity contribution in [1.82, 2.24) is 15.6 Å². The molecule has 4 N–H and O–H groups in total. The van der Waals surface area contributed by atoms with Crippen LogP contribution < -0.4 is 16.6 Å². The van der Waals surface area contributed by atoms with E-state index in [1.807, 2.05) is 18.7 Å². The third kappa shape index (κ3) is 7.19. The monoisotopic (exact) mass is 230 g/mol. The molecule has 0 atom stereocenters. The van der Waals surface area contributed by atoms with E-state index in [0.717, 1.165) is 13.1 Å². The maximum absolute atomic E-state index is 11.3. The lowest BCUT2D eigenvalue weighted by Gasteiger charge is -2.19. The van der Waals surface area contributed by atoms with Gasteiger partial charge in [-0.2, -0.15) is 0 Å². The van der Waals surface area contributed by atoms with Crippen LogP contribution in [0.4, 0.5) is 0 Å². The lowest BCUT2D eigenvalue weighted by atomic mass is 10.2.